The van der Waals surface area contributed by atoms with Gasteiger partial charge in [-0.2, -0.15) is 0 Å². The lowest BCUT2D eigenvalue weighted by molar-refractivity contribution is -0.142. The molecule has 2 aromatic heterocycles. The van der Waals surface area contributed by atoms with Crippen molar-refractivity contribution in [1.29, 1.82) is 0 Å². The van der Waals surface area contributed by atoms with E-state index in [4.69, 9.17) is 19.4 Å². The molecular weight excluding hydrogens is 811 g/mol. The maximum Gasteiger partial charge on any atom is 0.303 e. The number of hydrogen-bond donors (Lipinski definition) is 6. The number of nitrogens with zero attached hydrogens (tertiary/aromatic N) is 3. The average molecular weight is 862 g/mol. The summed E-state index contributed by atoms with van der Waals surface area (Å²) in [5.41, 5.74) is 0.597. The summed E-state index contributed by atoms with van der Waals surface area (Å²) in [5.74, 6) is -1.93. The van der Waals surface area contributed by atoms with E-state index < -0.39 is 64.1 Å². The van der Waals surface area contributed by atoms with E-state index in [1.165, 1.54) is 22.3 Å². The van der Waals surface area contributed by atoms with Crippen molar-refractivity contribution >= 4 is 60.9 Å². The van der Waals surface area contributed by atoms with Gasteiger partial charge in [-0.1, -0.05) is 30.7 Å². The summed E-state index contributed by atoms with van der Waals surface area (Å²) in [4.78, 5) is 50.3. The number of nitrogens with one attached hydrogen (secondary N) is 4. The maximum absolute atomic E-state index is 14.2. The first-order valence-corrected chi connectivity index (χ1v) is 22.5. The Bertz CT molecular complexity index is 2370. The number of aliphatic hydroxyl groups is 1. The van der Waals surface area contributed by atoms with Crippen LogP contribution in [0.3, 0.4) is 0 Å². The quantitative estimate of drug-likeness (QED) is 0.0805. The molecule has 5 atom stereocenters. The zero-order valence-corrected chi connectivity index (χ0v) is 35.4. The van der Waals surface area contributed by atoms with Crippen molar-refractivity contribution in [2.75, 3.05) is 30.8 Å². The van der Waals surface area contributed by atoms with Crippen LogP contribution < -0.4 is 30.1 Å². The fraction of sp³-hybridized carbons (Fsp3) is 0.452. The summed E-state index contributed by atoms with van der Waals surface area (Å²) in [5, 5.41) is 34.2. The standard InChI is InChI=1S/C42H51N7O9S2/c1-25(2)44-41-46-33(24-59-41)32-21-35(29-15-14-27(57-3)19-31(29)45-32)58-28-20-34(49(23-28)37(50)16-17-38(51)52)39(53)47-42-22-26(42)11-7-5-4-6-10-18-43-30-12-8-9-13-36(30)60(55,56)48-40(42)54/h7-9,11-15,19,21,24-26,28,34,39,43,47,53H,4-6,10,16-18,20,22-23H2,1-3H3,(H,44,46)(H,48,54)(H,51,52)/b11-7-/t26-,28-,34+,39?,42-/m1/s1. The number of benzene rings is 2. The smallest absolute Gasteiger partial charge is 0.303 e. The summed E-state index contributed by atoms with van der Waals surface area (Å²) in [6, 6.07) is 12.7. The Morgan fingerprint density at radius 3 is 2.68 bits per heavy atom. The fourth-order valence-electron chi connectivity index (χ4n) is 7.81. The summed E-state index contributed by atoms with van der Waals surface area (Å²) in [6.45, 7) is 4.60. The van der Waals surface area contributed by atoms with E-state index in [-0.39, 0.29) is 36.7 Å². The Morgan fingerprint density at radius 2 is 1.90 bits per heavy atom. The monoisotopic (exact) mass is 861 g/mol. The lowest BCUT2D eigenvalue weighted by Gasteiger charge is -2.31. The number of thiazole rings is 1. The highest BCUT2D eigenvalue weighted by atomic mass is 32.2. The molecular formula is C42H51N7O9S2. The molecule has 6 N–H and O–H groups in total. The zero-order valence-electron chi connectivity index (χ0n) is 33.7. The van der Waals surface area contributed by atoms with Crippen LogP contribution in [0.15, 0.2) is 71.0 Å². The minimum absolute atomic E-state index is 0.00296. The van der Waals surface area contributed by atoms with Crippen LogP contribution in [0.4, 0.5) is 10.8 Å². The van der Waals surface area contributed by atoms with Crippen LogP contribution in [0.2, 0.25) is 0 Å². The van der Waals surface area contributed by atoms with Crippen LogP contribution in [-0.4, -0.2) is 101 Å². The second-order valence-corrected chi connectivity index (χ2v) is 18.2. The summed E-state index contributed by atoms with van der Waals surface area (Å²) >= 11 is 1.44. The Morgan fingerprint density at radius 1 is 1.08 bits per heavy atom. The lowest BCUT2D eigenvalue weighted by Crippen LogP contribution is -2.58. The number of allylic oxidation sites excluding steroid dienone is 1. The molecule has 18 heteroatoms. The second-order valence-electron chi connectivity index (χ2n) is 15.7. The number of sulfonamides is 1. The van der Waals surface area contributed by atoms with E-state index >= 15 is 0 Å². The van der Waals surface area contributed by atoms with Gasteiger partial charge in [0.05, 0.1) is 43.0 Å². The largest absolute Gasteiger partial charge is 0.497 e. The van der Waals surface area contributed by atoms with E-state index in [2.05, 4.69) is 20.7 Å². The average Bonchev–Trinajstić information content (AvgIpc) is 3.48. The number of carbonyl (C=O) groups is 3. The van der Waals surface area contributed by atoms with Crippen LogP contribution in [0.25, 0.3) is 22.3 Å². The molecule has 2 fully saturated rings. The maximum atomic E-state index is 14.2. The van der Waals surface area contributed by atoms with Crippen molar-refractivity contribution in [2.45, 2.75) is 100 Å². The molecule has 0 radical (unpaired) electrons. The van der Waals surface area contributed by atoms with E-state index in [0.717, 1.165) is 30.8 Å². The Balaban J connectivity index is 1.18. The number of ether oxygens (including phenoxy) is 2. The predicted molar refractivity (Wildman–Crippen MR) is 227 cm³/mol. The predicted octanol–water partition coefficient (Wildman–Crippen LogP) is 5.11. The van der Waals surface area contributed by atoms with Crippen molar-refractivity contribution in [3.8, 4) is 22.9 Å². The van der Waals surface area contributed by atoms with Gasteiger partial charge in [0.15, 0.2) is 5.13 Å². The Hall–Kier alpha value is -5.30. The van der Waals surface area contributed by atoms with Crippen LogP contribution in [0, 0.1) is 5.92 Å². The van der Waals surface area contributed by atoms with Crippen molar-refractivity contribution in [3.63, 3.8) is 0 Å². The summed E-state index contributed by atoms with van der Waals surface area (Å²) < 4.78 is 41.9. The lowest BCUT2D eigenvalue weighted by atomic mass is 10.1. The molecule has 320 valence electrons. The van der Waals surface area contributed by atoms with Gasteiger partial charge in [0, 0.05) is 54.2 Å². The third-order valence-corrected chi connectivity index (χ3v) is 13.1. The number of carboxylic acids is 1. The van der Waals surface area contributed by atoms with Gasteiger partial charge < -0.3 is 35.2 Å². The number of aliphatic carboxylic acids is 1. The normalized spacial score (nSPS) is 23.9. The molecule has 1 aliphatic carbocycles. The van der Waals surface area contributed by atoms with Gasteiger partial charge in [0.2, 0.25) is 5.91 Å². The first-order chi connectivity index (χ1) is 28.8. The van der Waals surface area contributed by atoms with Crippen molar-refractivity contribution in [1.82, 2.24) is 24.9 Å². The topological polar surface area (TPSA) is 221 Å². The second kappa shape index (κ2) is 18.1. The molecule has 1 saturated carbocycles. The first kappa shape index (κ1) is 42.8. The molecule has 3 aliphatic rings. The Labute approximate surface area is 352 Å². The number of aliphatic hydroxyl groups excluding tert-OH is 1. The molecule has 4 aromatic rings. The van der Waals surface area contributed by atoms with E-state index in [0.29, 0.717) is 46.0 Å². The molecule has 0 bridgehead atoms. The molecule has 2 amide bonds. The Kier molecular flexibility index (Phi) is 12.9. The number of para-hydroxylation sites is 1. The van der Waals surface area contributed by atoms with E-state index in [1.807, 2.05) is 37.4 Å². The van der Waals surface area contributed by atoms with Gasteiger partial charge in [0.25, 0.3) is 15.9 Å². The van der Waals surface area contributed by atoms with Crippen molar-refractivity contribution in [2.24, 2.45) is 5.92 Å². The van der Waals surface area contributed by atoms with Gasteiger partial charge >= 0.3 is 5.97 Å². The molecule has 1 unspecified atom stereocenters. The van der Waals surface area contributed by atoms with Crippen LogP contribution in [-0.2, 0) is 24.4 Å². The number of carboxylic acid groups (broad SMARTS) is 1. The van der Waals surface area contributed by atoms with Crippen molar-refractivity contribution < 1.29 is 42.5 Å². The fourth-order valence-corrected chi connectivity index (χ4v) is 9.88. The van der Waals surface area contributed by atoms with Crippen LogP contribution in [0.5, 0.6) is 11.5 Å². The molecule has 7 rings (SSSR count). The number of anilines is 2. The SMILES string of the molecule is COc1ccc2c(O[C@@H]3C[C@@H](C(O)N[C@]45C[C@H]4/C=C\CCCCCNc4ccccc4S(=O)(=O)NC5=O)N(C(=O)CCC(=O)O)C3)cc(-c3csc(NC(C)C)n3)nc2c1. The number of methoxy groups -OCH3 is 1. The van der Waals surface area contributed by atoms with Gasteiger partial charge in [-0.15, -0.1) is 11.3 Å². The zero-order chi connectivity index (χ0) is 42.6. The van der Waals surface area contributed by atoms with Gasteiger partial charge in [-0.25, -0.2) is 23.1 Å². The molecule has 2 aromatic carbocycles. The highest BCUT2D eigenvalue weighted by molar-refractivity contribution is 7.90. The number of fused-ring (bicyclic) bond motifs is 3. The summed E-state index contributed by atoms with van der Waals surface area (Å²) in [7, 11) is -2.79. The molecule has 16 nitrogen and oxygen atoms in total. The molecule has 0 spiro atoms. The number of rotatable bonds is 12. The van der Waals surface area contributed by atoms with Gasteiger partial charge in [0.1, 0.15) is 40.0 Å². The highest BCUT2D eigenvalue weighted by Gasteiger charge is 2.61. The number of carbonyl (C=O) groups excluding carboxylic acids is 2. The number of aromatic nitrogens is 2. The number of pyridine rings is 1. The third-order valence-electron chi connectivity index (χ3n) is 11.0. The van der Waals surface area contributed by atoms with Crippen LogP contribution in [0.1, 0.15) is 65.2 Å². The molecule has 4 heterocycles. The minimum Gasteiger partial charge on any atom is -0.497 e. The van der Waals surface area contributed by atoms with Crippen molar-refractivity contribution in [3.05, 3.63) is 66.1 Å². The molecule has 2 aliphatic heterocycles. The first-order valence-electron chi connectivity index (χ1n) is 20.2. The number of likely N-dealkylation sites (tertiary alicyclic amines) is 1. The van der Waals surface area contributed by atoms with Crippen LogP contribution >= 0.6 is 11.3 Å². The minimum atomic E-state index is -4.35. The van der Waals surface area contributed by atoms with Gasteiger partial charge in [-0.3, -0.25) is 19.7 Å². The third kappa shape index (κ3) is 9.67. The number of hydrogen-bond acceptors (Lipinski definition) is 14. The highest BCUT2D eigenvalue weighted by Crippen LogP contribution is 2.46. The molecule has 1 saturated heterocycles. The van der Waals surface area contributed by atoms with Gasteiger partial charge in [-0.05, 0) is 63.8 Å². The number of amides is 2. The van der Waals surface area contributed by atoms with E-state index in [9.17, 15) is 33.0 Å². The van der Waals surface area contributed by atoms with E-state index in [1.54, 1.807) is 43.5 Å². The molecule has 60 heavy (non-hydrogen) atoms. The summed E-state index contributed by atoms with van der Waals surface area (Å²) in [6.07, 6.45) is 4.57.